The third-order valence-electron chi connectivity index (χ3n) is 7.36. The van der Waals surface area contributed by atoms with Crippen LogP contribution in [-0.4, -0.2) is 33.4 Å². The van der Waals surface area contributed by atoms with Crippen molar-refractivity contribution in [3.8, 4) is 11.5 Å². The minimum absolute atomic E-state index is 0.0423. The van der Waals surface area contributed by atoms with E-state index in [2.05, 4.69) is 6.92 Å². The van der Waals surface area contributed by atoms with Crippen LogP contribution < -0.4 is 0 Å². The molecule has 0 amide bonds. The minimum Gasteiger partial charge on any atom is -0.504 e. The van der Waals surface area contributed by atoms with Crippen molar-refractivity contribution >= 4 is 11.9 Å². The number of aromatic hydroxyl groups is 2. The summed E-state index contributed by atoms with van der Waals surface area (Å²) in [4.78, 5) is 22.9. The van der Waals surface area contributed by atoms with Gasteiger partial charge in [-0.2, -0.15) is 0 Å². The number of carbonyl (C=O) groups excluding carboxylic acids is 2. The van der Waals surface area contributed by atoms with Gasteiger partial charge in [0.1, 0.15) is 11.2 Å². The Labute approximate surface area is 228 Å². The highest BCUT2D eigenvalue weighted by atomic mass is 16.6. The topological polar surface area (TPSA) is 93.1 Å². The Morgan fingerprint density at radius 2 is 1.18 bits per heavy atom. The zero-order chi connectivity index (χ0) is 28.2. The van der Waals surface area contributed by atoms with Crippen LogP contribution in [0.25, 0.3) is 0 Å². The van der Waals surface area contributed by atoms with Crippen LogP contribution in [0.3, 0.4) is 0 Å². The molecule has 0 spiro atoms. The van der Waals surface area contributed by atoms with Gasteiger partial charge in [-0.15, -0.1) is 0 Å². The first kappa shape index (κ1) is 31.2. The summed E-state index contributed by atoms with van der Waals surface area (Å²) in [6, 6.07) is 12.6. The van der Waals surface area contributed by atoms with E-state index < -0.39 is 0 Å². The van der Waals surface area contributed by atoms with Crippen molar-refractivity contribution in [2.45, 2.75) is 116 Å². The molecule has 0 heterocycles. The molecule has 2 saturated carbocycles. The van der Waals surface area contributed by atoms with Gasteiger partial charge in [0.15, 0.2) is 11.5 Å². The molecule has 4 rings (SSSR count). The van der Waals surface area contributed by atoms with Crippen LogP contribution in [0.2, 0.25) is 0 Å². The predicted octanol–water partition coefficient (Wildman–Crippen LogP) is 7.67. The highest BCUT2D eigenvalue weighted by Crippen LogP contribution is 2.34. The maximum atomic E-state index is 12.0. The summed E-state index contributed by atoms with van der Waals surface area (Å²) in [5.41, 5.74) is 2.56. The second-order valence-corrected chi connectivity index (χ2v) is 10.8. The van der Waals surface area contributed by atoms with Gasteiger partial charge >= 0.3 is 11.9 Å². The Hall–Kier alpha value is -3.02. The SMILES string of the molecule is CCC(=O)OC1(C)CCCC1.CCc1ccc(C(=O)OC2(C)CCCC2)cc1.CCc1ccc(O)c(O)c1. The molecule has 2 aromatic rings. The average molecular weight is 527 g/mol. The Kier molecular flexibility index (Phi) is 12.1. The van der Waals surface area contributed by atoms with Gasteiger partial charge in [0, 0.05) is 6.42 Å². The van der Waals surface area contributed by atoms with Gasteiger partial charge in [-0.3, -0.25) is 4.79 Å². The number of aryl methyl sites for hydroxylation is 2. The van der Waals surface area contributed by atoms with E-state index in [0.717, 1.165) is 44.1 Å². The summed E-state index contributed by atoms with van der Waals surface area (Å²) in [6.45, 7) is 10.0. The number of esters is 2. The van der Waals surface area contributed by atoms with E-state index in [1.807, 2.05) is 52.0 Å². The van der Waals surface area contributed by atoms with Gasteiger partial charge in [-0.1, -0.05) is 39.0 Å². The molecule has 6 heteroatoms. The van der Waals surface area contributed by atoms with Gasteiger partial charge in [-0.25, -0.2) is 4.79 Å². The summed E-state index contributed by atoms with van der Waals surface area (Å²) >= 11 is 0. The molecule has 2 aliphatic rings. The monoisotopic (exact) mass is 526 g/mol. The van der Waals surface area contributed by atoms with E-state index in [1.54, 1.807) is 12.1 Å². The molecule has 0 bridgehead atoms. The van der Waals surface area contributed by atoms with Crippen molar-refractivity contribution in [1.82, 2.24) is 0 Å². The lowest BCUT2D eigenvalue weighted by atomic mass is 10.1. The fraction of sp³-hybridized carbons (Fsp3) is 0.562. The highest BCUT2D eigenvalue weighted by Gasteiger charge is 2.33. The van der Waals surface area contributed by atoms with Gasteiger partial charge in [0.2, 0.25) is 0 Å². The Morgan fingerprint density at radius 1 is 0.711 bits per heavy atom. The number of phenolic OH excluding ortho intramolecular Hbond substituents is 2. The number of phenols is 2. The molecule has 0 radical (unpaired) electrons. The van der Waals surface area contributed by atoms with E-state index in [-0.39, 0.29) is 34.6 Å². The Bertz CT molecular complexity index is 1010. The fourth-order valence-corrected chi connectivity index (χ4v) is 4.75. The third-order valence-corrected chi connectivity index (χ3v) is 7.36. The Morgan fingerprint density at radius 3 is 1.63 bits per heavy atom. The zero-order valence-electron chi connectivity index (χ0n) is 23.8. The third kappa shape index (κ3) is 10.0. The lowest BCUT2D eigenvalue weighted by Crippen LogP contribution is -2.28. The summed E-state index contributed by atoms with van der Waals surface area (Å²) in [5.74, 6) is -0.344. The van der Waals surface area contributed by atoms with Crippen LogP contribution in [0.1, 0.15) is 114 Å². The number of benzene rings is 2. The number of carbonyl (C=O) groups is 2. The number of hydrogen-bond donors (Lipinski definition) is 2. The number of ether oxygens (including phenoxy) is 2. The first-order valence-electron chi connectivity index (χ1n) is 14.1. The van der Waals surface area contributed by atoms with Crippen molar-refractivity contribution in [2.75, 3.05) is 0 Å². The van der Waals surface area contributed by atoms with Gasteiger partial charge in [0.05, 0.1) is 5.56 Å². The standard InChI is InChI=1S/C15H20O2.C9H16O2.C8H10O2/c1-3-12-6-8-13(9-7-12)14(16)17-15(2)10-4-5-11-15;1-3-8(10)11-9(2)6-4-5-7-9;1-2-6-3-4-7(9)8(10)5-6/h6-9H,3-5,10-11H2,1-2H3;3-7H2,1-2H3;3-5,9-10H,2H2,1H3. The molecule has 0 aliphatic heterocycles. The van der Waals surface area contributed by atoms with Crippen molar-refractivity contribution in [1.29, 1.82) is 0 Å². The van der Waals surface area contributed by atoms with Crippen LogP contribution in [0, 0.1) is 0 Å². The van der Waals surface area contributed by atoms with Crippen LogP contribution in [0.5, 0.6) is 11.5 Å². The summed E-state index contributed by atoms with van der Waals surface area (Å²) in [5, 5.41) is 17.9. The van der Waals surface area contributed by atoms with E-state index in [4.69, 9.17) is 19.7 Å². The molecule has 2 N–H and O–H groups in total. The molecule has 2 fully saturated rings. The van der Waals surface area contributed by atoms with Crippen molar-refractivity contribution in [3.63, 3.8) is 0 Å². The maximum Gasteiger partial charge on any atom is 0.338 e. The van der Waals surface area contributed by atoms with E-state index >= 15 is 0 Å². The summed E-state index contributed by atoms with van der Waals surface area (Å²) in [7, 11) is 0. The zero-order valence-corrected chi connectivity index (χ0v) is 23.8. The smallest absolute Gasteiger partial charge is 0.338 e. The molecule has 0 saturated heterocycles. The lowest BCUT2D eigenvalue weighted by molar-refractivity contribution is -0.157. The average Bonchev–Trinajstić information content (AvgIpc) is 3.54. The number of hydrogen-bond acceptors (Lipinski definition) is 6. The van der Waals surface area contributed by atoms with E-state index in [1.165, 1.54) is 37.3 Å². The van der Waals surface area contributed by atoms with Crippen LogP contribution >= 0.6 is 0 Å². The molecular formula is C32H46O6. The van der Waals surface area contributed by atoms with Gasteiger partial charge in [0.25, 0.3) is 0 Å². The number of rotatable bonds is 6. The molecule has 2 aromatic carbocycles. The first-order chi connectivity index (χ1) is 18.0. The van der Waals surface area contributed by atoms with Gasteiger partial charge in [-0.05, 0) is 113 Å². The van der Waals surface area contributed by atoms with Gasteiger partial charge < -0.3 is 19.7 Å². The summed E-state index contributed by atoms with van der Waals surface area (Å²) in [6.07, 6.45) is 11.2. The molecule has 0 aromatic heterocycles. The Balaban J connectivity index is 0.000000211. The van der Waals surface area contributed by atoms with Crippen molar-refractivity contribution in [2.24, 2.45) is 0 Å². The van der Waals surface area contributed by atoms with Crippen LogP contribution in [0.4, 0.5) is 0 Å². The molecule has 210 valence electrons. The molecule has 0 atom stereocenters. The highest BCUT2D eigenvalue weighted by molar-refractivity contribution is 5.89. The molecule has 6 nitrogen and oxygen atoms in total. The normalized spacial score (nSPS) is 16.9. The fourth-order valence-electron chi connectivity index (χ4n) is 4.75. The van der Waals surface area contributed by atoms with E-state index in [9.17, 15) is 9.59 Å². The second kappa shape index (κ2) is 14.8. The lowest BCUT2D eigenvalue weighted by Gasteiger charge is -2.24. The molecule has 38 heavy (non-hydrogen) atoms. The summed E-state index contributed by atoms with van der Waals surface area (Å²) < 4.78 is 10.9. The van der Waals surface area contributed by atoms with Crippen molar-refractivity contribution < 1.29 is 29.3 Å². The maximum absolute atomic E-state index is 12.0. The van der Waals surface area contributed by atoms with E-state index in [0.29, 0.717) is 12.0 Å². The molecular weight excluding hydrogens is 480 g/mol. The van der Waals surface area contributed by atoms with Crippen LogP contribution in [-0.2, 0) is 27.1 Å². The van der Waals surface area contributed by atoms with Crippen molar-refractivity contribution in [3.05, 3.63) is 59.2 Å². The first-order valence-corrected chi connectivity index (χ1v) is 14.1. The predicted molar refractivity (Wildman–Crippen MR) is 151 cm³/mol. The molecule has 0 unspecified atom stereocenters. The quantitative estimate of drug-likeness (QED) is 0.296. The largest absolute Gasteiger partial charge is 0.504 e. The minimum atomic E-state index is -0.236. The second-order valence-electron chi connectivity index (χ2n) is 10.8. The van der Waals surface area contributed by atoms with Crippen LogP contribution in [0.15, 0.2) is 42.5 Å². The molecule has 2 aliphatic carbocycles.